The lowest BCUT2D eigenvalue weighted by Gasteiger charge is -2.10. The van der Waals surface area contributed by atoms with E-state index in [1.165, 1.54) is 25.4 Å². The summed E-state index contributed by atoms with van der Waals surface area (Å²) in [6.45, 7) is 0. The Hall–Kier alpha value is -2.42. The number of pyridine rings is 1. The van der Waals surface area contributed by atoms with E-state index in [1.54, 1.807) is 0 Å². The molecule has 2 rings (SSSR count). The normalized spacial score (nSPS) is 11.2. The van der Waals surface area contributed by atoms with Crippen LogP contribution in [-0.4, -0.2) is 20.5 Å². The highest BCUT2D eigenvalue weighted by Gasteiger charge is 2.21. The van der Waals surface area contributed by atoms with E-state index in [9.17, 15) is 17.2 Å². The van der Waals surface area contributed by atoms with Gasteiger partial charge in [0, 0.05) is 12.1 Å². The molecule has 1 aromatic heterocycles. The van der Waals surface area contributed by atoms with Gasteiger partial charge in [0.05, 0.1) is 24.7 Å². The summed E-state index contributed by atoms with van der Waals surface area (Å²) in [6.07, 6.45) is 1.20. The number of ether oxygens (including phenoxy) is 1. The molecule has 3 N–H and O–H groups in total. The average Bonchev–Trinajstić information content (AvgIpc) is 2.43. The van der Waals surface area contributed by atoms with Gasteiger partial charge in [-0.1, -0.05) is 0 Å². The number of halogens is 2. The number of benzene rings is 1. The molecule has 6 nitrogen and oxygen atoms in total. The first kappa shape index (κ1) is 15.0. The van der Waals surface area contributed by atoms with E-state index in [-0.39, 0.29) is 11.6 Å². The van der Waals surface area contributed by atoms with Gasteiger partial charge in [0.25, 0.3) is 10.0 Å². The van der Waals surface area contributed by atoms with Gasteiger partial charge in [0.1, 0.15) is 16.5 Å². The topological polar surface area (TPSA) is 94.3 Å². The SMILES string of the molecule is COc1ccc(NS(=O)(=O)c2cc(N)c(F)cc2F)cn1. The minimum absolute atomic E-state index is 0.0955. The van der Waals surface area contributed by atoms with Gasteiger partial charge in [0.2, 0.25) is 5.88 Å². The maximum absolute atomic E-state index is 13.6. The number of nitrogens with one attached hydrogen (secondary N) is 1. The quantitative estimate of drug-likeness (QED) is 0.838. The molecule has 112 valence electrons. The number of hydrogen-bond donors (Lipinski definition) is 2. The zero-order chi connectivity index (χ0) is 15.6. The lowest BCUT2D eigenvalue weighted by atomic mass is 10.3. The molecule has 0 radical (unpaired) electrons. The molecule has 0 unspecified atom stereocenters. The van der Waals surface area contributed by atoms with Gasteiger partial charge in [-0.15, -0.1) is 0 Å². The lowest BCUT2D eigenvalue weighted by Crippen LogP contribution is -2.15. The van der Waals surface area contributed by atoms with Gasteiger partial charge >= 0.3 is 0 Å². The molecule has 2 aromatic rings. The van der Waals surface area contributed by atoms with Crippen LogP contribution >= 0.6 is 0 Å². The van der Waals surface area contributed by atoms with Gasteiger partial charge in [-0.05, 0) is 12.1 Å². The Morgan fingerprint density at radius 3 is 2.52 bits per heavy atom. The fraction of sp³-hybridized carbons (Fsp3) is 0.0833. The zero-order valence-corrected chi connectivity index (χ0v) is 11.6. The van der Waals surface area contributed by atoms with Gasteiger partial charge < -0.3 is 10.5 Å². The van der Waals surface area contributed by atoms with Crippen molar-refractivity contribution in [2.45, 2.75) is 4.90 Å². The number of sulfonamides is 1. The predicted molar refractivity (Wildman–Crippen MR) is 72.4 cm³/mol. The van der Waals surface area contributed by atoms with Crippen LogP contribution in [-0.2, 0) is 10.0 Å². The lowest BCUT2D eigenvalue weighted by molar-refractivity contribution is 0.398. The van der Waals surface area contributed by atoms with E-state index in [4.69, 9.17) is 10.5 Å². The first-order valence-electron chi connectivity index (χ1n) is 5.61. The fourth-order valence-corrected chi connectivity index (χ4v) is 2.66. The highest BCUT2D eigenvalue weighted by Crippen LogP contribution is 2.23. The van der Waals surface area contributed by atoms with E-state index >= 15 is 0 Å². The Morgan fingerprint density at radius 1 is 1.24 bits per heavy atom. The second kappa shape index (κ2) is 5.52. The summed E-state index contributed by atoms with van der Waals surface area (Å²) in [5.41, 5.74) is 4.88. The Morgan fingerprint density at radius 2 is 1.95 bits per heavy atom. The Balaban J connectivity index is 2.35. The number of anilines is 2. The van der Waals surface area contributed by atoms with E-state index in [0.717, 1.165) is 0 Å². The molecule has 0 saturated heterocycles. The molecule has 1 heterocycles. The molecule has 0 spiro atoms. The maximum Gasteiger partial charge on any atom is 0.264 e. The van der Waals surface area contributed by atoms with Crippen LogP contribution in [0.15, 0.2) is 35.4 Å². The van der Waals surface area contributed by atoms with Gasteiger partial charge in [-0.25, -0.2) is 22.2 Å². The van der Waals surface area contributed by atoms with Crippen molar-refractivity contribution >= 4 is 21.4 Å². The molecule has 21 heavy (non-hydrogen) atoms. The molecule has 0 bridgehead atoms. The third-order valence-corrected chi connectivity index (χ3v) is 3.93. The summed E-state index contributed by atoms with van der Waals surface area (Å²) in [5.74, 6) is -1.98. The summed E-state index contributed by atoms with van der Waals surface area (Å²) in [6, 6.07) is 3.93. The molecular formula is C12H11F2N3O3S. The second-order valence-corrected chi connectivity index (χ2v) is 5.65. The second-order valence-electron chi connectivity index (χ2n) is 4.00. The smallest absolute Gasteiger partial charge is 0.264 e. The number of nitrogens with two attached hydrogens (primary N) is 1. The third kappa shape index (κ3) is 3.19. The van der Waals surface area contributed by atoms with E-state index < -0.39 is 32.2 Å². The van der Waals surface area contributed by atoms with Crippen molar-refractivity contribution in [3.05, 3.63) is 42.1 Å². The molecular weight excluding hydrogens is 304 g/mol. The number of nitrogen functional groups attached to an aromatic ring is 1. The van der Waals surface area contributed by atoms with Crippen LogP contribution < -0.4 is 15.2 Å². The number of aromatic nitrogens is 1. The van der Waals surface area contributed by atoms with E-state index in [1.807, 2.05) is 0 Å². The first-order chi connectivity index (χ1) is 9.83. The van der Waals surface area contributed by atoms with Crippen molar-refractivity contribution in [1.82, 2.24) is 4.98 Å². The minimum Gasteiger partial charge on any atom is -0.481 e. The summed E-state index contributed by atoms with van der Waals surface area (Å²) < 4.78 is 57.7. The summed E-state index contributed by atoms with van der Waals surface area (Å²) in [4.78, 5) is 3.05. The molecule has 9 heteroatoms. The van der Waals surface area contributed by atoms with Gasteiger partial charge in [-0.3, -0.25) is 4.72 Å². The molecule has 0 amide bonds. The molecule has 0 aliphatic heterocycles. The molecule has 0 fully saturated rings. The number of methoxy groups -OCH3 is 1. The molecule has 0 atom stereocenters. The predicted octanol–water partition coefficient (Wildman–Crippen LogP) is 1.75. The van der Waals surface area contributed by atoms with Crippen molar-refractivity contribution in [3.8, 4) is 5.88 Å². The van der Waals surface area contributed by atoms with E-state index in [0.29, 0.717) is 12.1 Å². The number of hydrogen-bond acceptors (Lipinski definition) is 5. The Bertz CT molecular complexity index is 764. The van der Waals surface area contributed by atoms with Crippen molar-refractivity contribution in [3.63, 3.8) is 0 Å². The largest absolute Gasteiger partial charge is 0.481 e. The van der Waals surface area contributed by atoms with Crippen LogP contribution in [0.3, 0.4) is 0 Å². The summed E-state index contributed by atoms with van der Waals surface area (Å²) in [7, 11) is -2.85. The van der Waals surface area contributed by atoms with Crippen molar-refractivity contribution in [2.75, 3.05) is 17.6 Å². The van der Waals surface area contributed by atoms with Crippen molar-refractivity contribution in [1.29, 1.82) is 0 Å². The maximum atomic E-state index is 13.6. The van der Waals surface area contributed by atoms with Crippen molar-refractivity contribution < 1.29 is 21.9 Å². The summed E-state index contributed by atoms with van der Waals surface area (Å²) >= 11 is 0. The highest BCUT2D eigenvalue weighted by molar-refractivity contribution is 7.92. The van der Waals surface area contributed by atoms with Crippen LogP contribution in [0.4, 0.5) is 20.2 Å². The van der Waals surface area contributed by atoms with Gasteiger partial charge in [-0.2, -0.15) is 0 Å². The van der Waals surface area contributed by atoms with E-state index in [2.05, 4.69) is 9.71 Å². The van der Waals surface area contributed by atoms with Gasteiger partial charge in [0.15, 0.2) is 0 Å². The van der Waals surface area contributed by atoms with Crippen LogP contribution in [0, 0.1) is 11.6 Å². The van der Waals surface area contributed by atoms with Crippen LogP contribution in [0.5, 0.6) is 5.88 Å². The standard InChI is InChI=1S/C12H11F2N3O3S/c1-20-12-3-2-7(6-16-12)17-21(18,19)11-5-10(15)8(13)4-9(11)14/h2-6,17H,15H2,1H3. The van der Waals surface area contributed by atoms with Crippen LogP contribution in [0.2, 0.25) is 0 Å². The molecule has 0 aliphatic carbocycles. The Labute approximate surface area is 119 Å². The number of rotatable bonds is 4. The monoisotopic (exact) mass is 315 g/mol. The first-order valence-corrected chi connectivity index (χ1v) is 7.09. The average molecular weight is 315 g/mol. The van der Waals surface area contributed by atoms with Crippen LogP contribution in [0.25, 0.3) is 0 Å². The molecule has 0 aliphatic rings. The van der Waals surface area contributed by atoms with Crippen molar-refractivity contribution in [2.24, 2.45) is 0 Å². The summed E-state index contributed by atoms with van der Waals surface area (Å²) in [5, 5.41) is 0. The Kier molecular flexibility index (Phi) is 3.94. The molecule has 1 aromatic carbocycles. The third-order valence-electron chi connectivity index (χ3n) is 2.54. The van der Waals surface area contributed by atoms with Crippen LogP contribution in [0.1, 0.15) is 0 Å². The minimum atomic E-state index is -4.26. The zero-order valence-electron chi connectivity index (χ0n) is 10.8. The number of nitrogens with zero attached hydrogens (tertiary/aromatic N) is 1. The highest BCUT2D eigenvalue weighted by atomic mass is 32.2. The fourth-order valence-electron chi connectivity index (χ4n) is 1.52. The molecule has 0 saturated carbocycles.